The SMILES string of the molecule is O=C(Cc1cccc(F)c1)N1CCC(n2cccc2)CC1. The number of amides is 1. The highest BCUT2D eigenvalue weighted by molar-refractivity contribution is 5.78. The van der Waals surface area contributed by atoms with Crippen molar-refractivity contribution in [1.82, 2.24) is 9.47 Å². The highest BCUT2D eigenvalue weighted by Gasteiger charge is 2.23. The number of aromatic nitrogens is 1. The summed E-state index contributed by atoms with van der Waals surface area (Å²) in [5.41, 5.74) is 0.743. The first-order chi connectivity index (χ1) is 10.2. The number of rotatable bonds is 3. The Kier molecular flexibility index (Phi) is 4.04. The van der Waals surface area contributed by atoms with Crippen molar-refractivity contribution in [1.29, 1.82) is 0 Å². The fraction of sp³-hybridized carbons (Fsp3) is 0.353. The van der Waals surface area contributed by atoms with Gasteiger partial charge in [-0.15, -0.1) is 0 Å². The average Bonchev–Trinajstić information content (AvgIpc) is 3.01. The zero-order valence-corrected chi connectivity index (χ0v) is 11.9. The molecule has 1 fully saturated rings. The van der Waals surface area contributed by atoms with Gasteiger partial charge in [-0.25, -0.2) is 4.39 Å². The van der Waals surface area contributed by atoms with E-state index in [1.54, 1.807) is 12.1 Å². The van der Waals surface area contributed by atoms with Crippen molar-refractivity contribution >= 4 is 5.91 Å². The Morgan fingerprint density at radius 3 is 2.52 bits per heavy atom. The smallest absolute Gasteiger partial charge is 0.226 e. The molecule has 1 aliphatic heterocycles. The highest BCUT2D eigenvalue weighted by Crippen LogP contribution is 2.23. The molecule has 21 heavy (non-hydrogen) atoms. The molecule has 0 bridgehead atoms. The van der Waals surface area contributed by atoms with Crippen molar-refractivity contribution in [3.63, 3.8) is 0 Å². The molecule has 0 radical (unpaired) electrons. The highest BCUT2D eigenvalue weighted by atomic mass is 19.1. The molecule has 1 aromatic heterocycles. The molecule has 0 unspecified atom stereocenters. The summed E-state index contributed by atoms with van der Waals surface area (Å²) in [5.74, 6) is -0.196. The molecule has 3 rings (SSSR count). The minimum Gasteiger partial charge on any atom is -0.351 e. The Labute approximate surface area is 124 Å². The predicted molar refractivity (Wildman–Crippen MR) is 79.4 cm³/mol. The summed E-state index contributed by atoms with van der Waals surface area (Å²) < 4.78 is 15.4. The fourth-order valence-electron chi connectivity index (χ4n) is 2.94. The van der Waals surface area contributed by atoms with Crippen molar-refractivity contribution in [2.24, 2.45) is 0 Å². The maximum atomic E-state index is 13.1. The number of hydrogen-bond acceptors (Lipinski definition) is 1. The summed E-state index contributed by atoms with van der Waals surface area (Å²) >= 11 is 0. The summed E-state index contributed by atoms with van der Waals surface area (Å²) in [5, 5.41) is 0. The minimum atomic E-state index is -0.286. The Hall–Kier alpha value is -2.10. The van der Waals surface area contributed by atoms with Crippen LogP contribution >= 0.6 is 0 Å². The van der Waals surface area contributed by atoms with Crippen LogP contribution in [0, 0.1) is 5.82 Å². The van der Waals surface area contributed by atoms with Crippen molar-refractivity contribution in [3.05, 3.63) is 60.2 Å². The molecule has 1 aliphatic rings. The van der Waals surface area contributed by atoms with Gasteiger partial charge in [0, 0.05) is 31.5 Å². The standard InChI is InChI=1S/C17H19FN2O/c18-15-5-3-4-14(12-15)13-17(21)20-10-6-16(7-11-20)19-8-1-2-9-19/h1-5,8-9,12,16H,6-7,10-11,13H2. The van der Waals surface area contributed by atoms with E-state index in [1.807, 2.05) is 17.0 Å². The second-order valence-electron chi connectivity index (χ2n) is 5.55. The number of carbonyl (C=O) groups is 1. The van der Waals surface area contributed by atoms with Crippen LogP contribution in [0.2, 0.25) is 0 Å². The third kappa shape index (κ3) is 3.32. The van der Waals surface area contributed by atoms with Crippen LogP contribution in [-0.4, -0.2) is 28.5 Å². The molecule has 110 valence electrons. The summed E-state index contributed by atoms with van der Waals surface area (Å²) in [6, 6.07) is 10.8. The van der Waals surface area contributed by atoms with Gasteiger partial charge in [0.2, 0.25) is 5.91 Å². The molecule has 1 saturated heterocycles. The van der Waals surface area contributed by atoms with E-state index in [0.29, 0.717) is 6.04 Å². The first-order valence-corrected chi connectivity index (χ1v) is 7.37. The summed E-state index contributed by atoms with van der Waals surface area (Å²) in [4.78, 5) is 14.2. The largest absolute Gasteiger partial charge is 0.351 e. The van der Waals surface area contributed by atoms with Crippen molar-refractivity contribution < 1.29 is 9.18 Å². The second-order valence-corrected chi connectivity index (χ2v) is 5.55. The Bertz CT molecular complexity index is 601. The molecule has 3 nitrogen and oxygen atoms in total. The Morgan fingerprint density at radius 1 is 1.14 bits per heavy atom. The van der Waals surface area contributed by atoms with E-state index in [0.717, 1.165) is 31.5 Å². The third-order valence-electron chi connectivity index (χ3n) is 4.11. The quantitative estimate of drug-likeness (QED) is 0.851. The molecule has 1 aromatic carbocycles. The number of likely N-dealkylation sites (tertiary alicyclic amines) is 1. The number of halogens is 1. The van der Waals surface area contributed by atoms with E-state index in [1.165, 1.54) is 12.1 Å². The molecular formula is C17H19FN2O. The lowest BCUT2D eigenvalue weighted by Gasteiger charge is -2.33. The first-order valence-electron chi connectivity index (χ1n) is 7.37. The molecule has 0 saturated carbocycles. The molecular weight excluding hydrogens is 267 g/mol. The number of carbonyl (C=O) groups excluding carboxylic acids is 1. The van der Waals surface area contributed by atoms with Gasteiger partial charge in [-0.05, 0) is 42.7 Å². The average molecular weight is 286 g/mol. The van der Waals surface area contributed by atoms with Gasteiger partial charge in [0.1, 0.15) is 5.82 Å². The van der Waals surface area contributed by atoms with Crippen LogP contribution in [0.5, 0.6) is 0 Å². The summed E-state index contributed by atoms with van der Waals surface area (Å²) in [6.45, 7) is 1.55. The molecule has 2 aromatic rings. The van der Waals surface area contributed by atoms with E-state index >= 15 is 0 Å². The number of nitrogens with zero attached hydrogens (tertiary/aromatic N) is 2. The topological polar surface area (TPSA) is 25.2 Å². The van der Waals surface area contributed by atoms with Crippen LogP contribution in [-0.2, 0) is 11.2 Å². The minimum absolute atomic E-state index is 0.0894. The maximum absolute atomic E-state index is 13.1. The van der Waals surface area contributed by atoms with E-state index in [-0.39, 0.29) is 18.1 Å². The molecule has 0 atom stereocenters. The van der Waals surface area contributed by atoms with Crippen LogP contribution in [0.15, 0.2) is 48.8 Å². The molecule has 0 spiro atoms. The van der Waals surface area contributed by atoms with Crippen molar-refractivity contribution in [3.8, 4) is 0 Å². The molecule has 1 amide bonds. The van der Waals surface area contributed by atoms with Gasteiger partial charge in [0.05, 0.1) is 6.42 Å². The fourth-order valence-corrected chi connectivity index (χ4v) is 2.94. The van der Waals surface area contributed by atoms with Gasteiger partial charge in [-0.3, -0.25) is 4.79 Å². The van der Waals surface area contributed by atoms with Crippen molar-refractivity contribution in [2.45, 2.75) is 25.3 Å². The van der Waals surface area contributed by atoms with E-state index in [2.05, 4.69) is 17.0 Å². The lowest BCUT2D eigenvalue weighted by Crippen LogP contribution is -2.39. The van der Waals surface area contributed by atoms with Crippen LogP contribution in [0.4, 0.5) is 4.39 Å². The lowest BCUT2D eigenvalue weighted by molar-refractivity contribution is -0.131. The zero-order valence-electron chi connectivity index (χ0n) is 11.9. The van der Waals surface area contributed by atoms with Gasteiger partial charge in [0.25, 0.3) is 0 Å². The number of benzene rings is 1. The van der Waals surface area contributed by atoms with E-state index in [9.17, 15) is 9.18 Å². The monoisotopic (exact) mass is 286 g/mol. The second kappa shape index (κ2) is 6.12. The third-order valence-corrected chi connectivity index (χ3v) is 4.11. The number of piperidine rings is 1. The first kappa shape index (κ1) is 13.9. The molecule has 0 aliphatic carbocycles. The van der Waals surface area contributed by atoms with E-state index < -0.39 is 0 Å². The van der Waals surface area contributed by atoms with E-state index in [4.69, 9.17) is 0 Å². The maximum Gasteiger partial charge on any atom is 0.226 e. The Balaban J connectivity index is 1.55. The van der Waals surface area contributed by atoms with Crippen LogP contribution in [0.1, 0.15) is 24.4 Å². The van der Waals surface area contributed by atoms with Crippen LogP contribution in [0.25, 0.3) is 0 Å². The molecule has 2 heterocycles. The normalized spacial score (nSPS) is 16.1. The number of hydrogen-bond donors (Lipinski definition) is 0. The lowest BCUT2D eigenvalue weighted by atomic mass is 10.0. The molecule has 4 heteroatoms. The van der Waals surface area contributed by atoms with Crippen LogP contribution < -0.4 is 0 Å². The predicted octanol–water partition coefficient (Wildman–Crippen LogP) is 3.03. The molecule has 0 N–H and O–H groups in total. The zero-order chi connectivity index (χ0) is 14.7. The van der Waals surface area contributed by atoms with Gasteiger partial charge in [-0.1, -0.05) is 12.1 Å². The van der Waals surface area contributed by atoms with Gasteiger partial charge in [0.15, 0.2) is 0 Å². The summed E-state index contributed by atoms with van der Waals surface area (Å²) in [6.07, 6.45) is 6.39. The van der Waals surface area contributed by atoms with Gasteiger partial charge >= 0.3 is 0 Å². The Morgan fingerprint density at radius 2 is 1.86 bits per heavy atom. The van der Waals surface area contributed by atoms with Crippen LogP contribution in [0.3, 0.4) is 0 Å². The van der Waals surface area contributed by atoms with Crippen molar-refractivity contribution in [2.75, 3.05) is 13.1 Å². The summed E-state index contributed by atoms with van der Waals surface area (Å²) in [7, 11) is 0. The van der Waals surface area contributed by atoms with Gasteiger partial charge in [-0.2, -0.15) is 0 Å². The van der Waals surface area contributed by atoms with Gasteiger partial charge < -0.3 is 9.47 Å².